The molecule has 5 N–H and O–H groups in total. The van der Waals surface area contributed by atoms with Crippen molar-refractivity contribution in [1.82, 2.24) is 20.9 Å². The normalized spacial score (nSPS) is 14.7. The van der Waals surface area contributed by atoms with Crippen LogP contribution in [0.15, 0.2) is 42.7 Å². The van der Waals surface area contributed by atoms with Gasteiger partial charge >= 0.3 is 0 Å². The maximum Gasteiger partial charge on any atom is 0.253 e. The Bertz CT molecular complexity index is 1130. The number of methoxy groups -OCH3 is 1. The Balaban J connectivity index is 2.35. The molecule has 5 atom stereocenters. The monoisotopic (exact) mass is 610 g/mol. The highest BCUT2D eigenvalue weighted by Gasteiger charge is 2.35. The number of hydrogen-bond donors (Lipinski definition) is 5. The number of unbranched alkanes of at least 4 members (excludes halogenated alkanes) is 1. The molecular weight excluding hydrogens is 570 g/mol. The molecule has 2 aromatic rings. The van der Waals surface area contributed by atoms with Gasteiger partial charge < -0.3 is 30.9 Å². The number of rotatable bonds is 18. The number of aliphatic hydroxyl groups excluding tert-OH is 2. The summed E-state index contributed by atoms with van der Waals surface area (Å²) in [5.74, 6) is -2.41. The highest BCUT2D eigenvalue weighted by molar-refractivity contribution is 7.99. The van der Waals surface area contributed by atoms with Crippen molar-refractivity contribution in [1.29, 1.82) is 0 Å². The van der Waals surface area contributed by atoms with Gasteiger partial charge in [0, 0.05) is 44.9 Å². The number of nitrogens with zero attached hydrogens (tertiary/aromatic N) is 1. The number of aliphatic hydroxyl groups is 2. The van der Waals surface area contributed by atoms with Crippen molar-refractivity contribution in [3.63, 3.8) is 0 Å². The summed E-state index contributed by atoms with van der Waals surface area (Å²) >= 11 is 1.46. The molecule has 1 aromatic heterocycles. The number of amides is 3. The predicted molar refractivity (Wildman–Crippen MR) is 156 cm³/mol. The summed E-state index contributed by atoms with van der Waals surface area (Å²) in [5.41, 5.74) is 0.359. The number of benzene rings is 1. The van der Waals surface area contributed by atoms with Gasteiger partial charge in [0.1, 0.15) is 29.9 Å². The third-order valence-electron chi connectivity index (χ3n) is 6.37. The van der Waals surface area contributed by atoms with Crippen LogP contribution < -0.4 is 16.0 Å². The first-order valence-corrected chi connectivity index (χ1v) is 14.9. The first-order valence-electron chi connectivity index (χ1n) is 13.7. The lowest BCUT2D eigenvalue weighted by molar-refractivity contribution is -0.126. The summed E-state index contributed by atoms with van der Waals surface area (Å²) in [4.78, 5) is 42.1. The van der Waals surface area contributed by atoms with Gasteiger partial charge in [0.2, 0.25) is 11.8 Å². The molecule has 0 saturated carbocycles. The summed E-state index contributed by atoms with van der Waals surface area (Å²) < 4.78 is 33.0. The van der Waals surface area contributed by atoms with E-state index in [9.17, 15) is 33.4 Å². The third kappa shape index (κ3) is 12.0. The van der Waals surface area contributed by atoms with E-state index in [1.165, 1.54) is 38.2 Å². The van der Waals surface area contributed by atoms with Crippen LogP contribution in [0, 0.1) is 11.6 Å². The van der Waals surface area contributed by atoms with E-state index in [2.05, 4.69) is 20.9 Å². The van der Waals surface area contributed by atoms with Crippen LogP contribution in [0.5, 0.6) is 0 Å². The van der Waals surface area contributed by atoms with Crippen LogP contribution >= 0.6 is 11.8 Å². The zero-order valence-corrected chi connectivity index (χ0v) is 24.8. The molecular formula is C29H40F2N4O6S. The van der Waals surface area contributed by atoms with E-state index in [0.29, 0.717) is 6.07 Å². The molecule has 0 bridgehead atoms. The van der Waals surface area contributed by atoms with E-state index in [1.54, 1.807) is 12.1 Å². The number of hydrogen-bond acceptors (Lipinski definition) is 8. The van der Waals surface area contributed by atoms with Crippen LogP contribution in [0.4, 0.5) is 8.78 Å². The van der Waals surface area contributed by atoms with E-state index in [0.717, 1.165) is 30.7 Å². The van der Waals surface area contributed by atoms with Crippen molar-refractivity contribution in [2.75, 3.05) is 25.2 Å². The van der Waals surface area contributed by atoms with E-state index in [-0.39, 0.29) is 36.3 Å². The minimum Gasteiger partial charge on any atom is -0.388 e. The number of thioether (sulfide) groups is 1. The van der Waals surface area contributed by atoms with E-state index in [4.69, 9.17) is 4.74 Å². The summed E-state index contributed by atoms with van der Waals surface area (Å²) in [6.07, 6.45) is 1.32. The number of carbonyl (C=O) groups is 3. The van der Waals surface area contributed by atoms with Crippen molar-refractivity contribution in [2.45, 2.75) is 69.9 Å². The molecule has 0 spiro atoms. The molecule has 0 radical (unpaired) electrons. The highest BCUT2D eigenvalue weighted by Crippen LogP contribution is 2.17. The largest absolute Gasteiger partial charge is 0.388 e. The van der Waals surface area contributed by atoms with Gasteiger partial charge in [0.25, 0.3) is 5.91 Å². The van der Waals surface area contributed by atoms with Gasteiger partial charge in [0.05, 0.1) is 17.6 Å². The summed E-state index contributed by atoms with van der Waals surface area (Å²) in [6, 6.07) is 2.68. The molecule has 0 fully saturated rings. The van der Waals surface area contributed by atoms with Gasteiger partial charge in [0.15, 0.2) is 0 Å². The molecule has 3 amide bonds. The molecule has 0 saturated heterocycles. The van der Waals surface area contributed by atoms with Crippen LogP contribution in [0.1, 0.15) is 49.0 Å². The average Bonchev–Trinajstić information content (AvgIpc) is 2.95. The number of nitrogens with one attached hydrogen (secondary N) is 3. The fourth-order valence-corrected chi connectivity index (χ4v) is 5.33. The molecule has 10 nitrogen and oxygen atoms in total. The Morgan fingerprint density at radius 1 is 1.05 bits per heavy atom. The van der Waals surface area contributed by atoms with Crippen molar-refractivity contribution < 1.29 is 38.1 Å². The number of carbonyl (C=O) groups excluding carboxylic acids is 3. The van der Waals surface area contributed by atoms with E-state index >= 15 is 0 Å². The van der Waals surface area contributed by atoms with Gasteiger partial charge in [-0.15, -0.1) is 0 Å². The standard InChI is InChI=1S/C29H40F2N4O6S/c1-4-5-11-42-17-25(35-28(39)20-7-6-9-32-16-20)29(40)34-24(14-19-12-21(30)15-22(31)13-19)27(38)26(37)23(8-10-41-3)33-18(2)36/h6-7,9,12-13,15-16,23-27,37-38H,4-5,8,10-11,14,17H2,1-3H3,(H,33,36)(H,34,40)(H,35,39). The second-order valence-electron chi connectivity index (χ2n) is 9.86. The van der Waals surface area contributed by atoms with Gasteiger partial charge in [-0.3, -0.25) is 19.4 Å². The Kier molecular flexibility index (Phi) is 15.4. The average molecular weight is 611 g/mol. The summed E-state index contributed by atoms with van der Waals surface area (Å²) in [5, 5.41) is 30.2. The van der Waals surface area contributed by atoms with E-state index in [1.807, 2.05) is 6.92 Å². The predicted octanol–water partition coefficient (Wildman–Crippen LogP) is 1.98. The van der Waals surface area contributed by atoms with Crippen molar-refractivity contribution in [2.24, 2.45) is 0 Å². The zero-order valence-electron chi connectivity index (χ0n) is 24.0. The molecule has 232 valence electrons. The molecule has 42 heavy (non-hydrogen) atoms. The fraction of sp³-hybridized carbons (Fsp3) is 0.517. The smallest absolute Gasteiger partial charge is 0.253 e. The number of ether oxygens (including phenoxy) is 1. The highest BCUT2D eigenvalue weighted by atomic mass is 32.2. The minimum absolute atomic E-state index is 0.116. The second-order valence-corrected chi connectivity index (χ2v) is 11.0. The number of pyridine rings is 1. The SMILES string of the molecule is CCCCSCC(NC(=O)c1cccnc1)C(=O)NC(Cc1cc(F)cc(F)c1)C(O)C(O)C(CCOC)NC(C)=O. The molecule has 13 heteroatoms. The molecule has 1 heterocycles. The molecule has 5 unspecified atom stereocenters. The zero-order chi connectivity index (χ0) is 31.1. The van der Waals surface area contributed by atoms with Crippen molar-refractivity contribution in [3.8, 4) is 0 Å². The van der Waals surface area contributed by atoms with Crippen molar-refractivity contribution in [3.05, 3.63) is 65.5 Å². The summed E-state index contributed by atoms with van der Waals surface area (Å²) in [6.45, 7) is 3.43. The van der Waals surface area contributed by atoms with Crippen molar-refractivity contribution >= 4 is 29.5 Å². The quantitative estimate of drug-likeness (QED) is 0.161. The molecule has 0 aliphatic heterocycles. The van der Waals surface area contributed by atoms with Crippen LogP contribution in [-0.2, 0) is 20.7 Å². The molecule has 1 aromatic carbocycles. The van der Waals surface area contributed by atoms with Gasteiger partial charge in [-0.2, -0.15) is 11.8 Å². The van der Waals surface area contributed by atoms with Crippen LogP contribution in [0.2, 0.25) is 0 Å². The van der Waals surface area contributed by atoms with Gasteiger partial charge in [-0.05, 0) is 54.8 Å². The Morgan fingerprint density at radius 3 is 2.33 bits per heavy atom. The lowest BCUT2D eigenvalue weighted by Gasteiger charge is -2.33. The Morgan fingerprint density at radius 2 is 1.74 bits per heavy atom. The van der Waals surface area contributed by atoms with Crippen LogP contribution in [0.25, 0.3) is 0 Å². The second kappa shape index (κ2) is 18.4. The number of aromatic nitrogens is 1. The first-order chi connectivity index (χ1) is 20.0. The number of halogens is 2. The maximum atomic E-state index is 14.0. The van der Waals surface area contributed by atoms with Crippen LogP contribution in [-0.4, -0.2) is 88.5 Å². The van der Waals surface area contributed by atoms with Gasteiger partial charge in [-0.25, -0.2) is 8.78 Å². The third-order valence-corrected chi connectivity index (χ3v) is 7.52. The fourth-order valence-electron chi connectivity index (χ4n) is 4.20. The van der Waals surface area contributed by atoms with Gasteiger partial charge in [-0.1, -0.05) is 13.3 Å². The maximum absolute atomic E-state index is 14.0. The summed E-state index contributed by atoms with van der Waals surface area (Å²) in [7, 11) is 1.44. The lowest BCUT2D eigenvalue weighted by Crippen LogP contribution is -2.59. The van der Waals surface area contributed by atoms with E-state index < -0.39 is 59.7 Å². The molecule has 0 aliphatic carbocycles. The molecule has 0 aliphatic rings. The Hall–Kier alpha value is -3.13. The first kappa shape index (κ1) is 35.1. The lowest BCUT2D eigenvalue weighted by atomic mass is 9.92. The van der Waals surface area contributed by atoms with Crippen LogP contribution in [0.3, 0.4) is 0 Å². The molecule has 2 rings (SSSR count). The topological polar surface area (TPSA) is 150 Å². The Labute approximate surface area is 249 Å². The minimum atomic E-state index is -1.68.